The average Bonchev–Trinajstić information content (AvgIpc) is 2.70. The third kappa shape index (κ3) is 4.25. The number of nitrogens with zero attached hydrogens (tertiary/aromatic N) is 3. The Balaban J connectivity index is 3.03. The molecule has 0 aromatic carbocycles. The second-order valence-electron chi connectivity index (χ2n) is 4.03. The smallest absolute Gasteiger partial charge is 0.358 e. The number of sulfonamides is 1. The van der Waals surface area contributed by atoms with Crippen LogP contribution >= 0.6 is 0 Å². The average molecular weight is 326 g/mol. The lowest BCUT2D eigenvalue weighted by Crippen LogP contribution is -2.16. The van der Waals surface area contributed by atoms with Gasteiger partial charge in [-0.1, -0.05) is 6.92 Å². The van der Waals surface area contributed by atoms with Gasteiger partial charge in [0, 0.05) is 5.75 Å². The molecule has 1 heterocycles. The van der Waals surface area contributed by atoms with Gasteiger partial charge in [-0.15, -0.1) is 0 Å². The van der Waals surface area contributed by atoms with E-state index in [9.17, 15) is 26.9 Å². The van der Waals surface area contributed by atoms with Gasteiger partial charge in [0.1, 0.15) is 0 Å². The molecule has 0 spiro atoms. The number of nitro groups is 1. The highest BCUT2D eigenvalue weighted by Crippen LogP contribution is 2.20. The molecule has 0 aliphatic carbocycles. The predicted octanol–water partition coefficient (Wildman–Crippen LogP) is -0.736. The maximum atomic E-state index is 11.5. The summed E-state index contributed by atoms with van der Waals surface area (Å²) in [6, 6.07) is 0. The van der Waals surface area contributed by atoms with Crippen LogP contribution in [0.1, 0.15) is 13.3 Å². The van der Waals surface area contributed by atoms with E-state index in [0.717, 1.165) is 10.9 Å². The highest BCUT2D eigenvalue weighted by molar-refractivity contribution is 7.91. The molecule has 0 aliphatic rings. The van der Waals surface area contributed by atoms with Crippen molar-refractivity contribution in [3.05, 3.63) is 16.3 Å². The first-order valence-corrected chi connectivity index (χ1v) is 8.88. The summed E-state index contributed by atoms with van der Waals surface area (Å²) < 4.78 is 46.3. The van der Waals surface area contributed by atoms with Gasteiger partial charge in [-0.3, -0.25) is 0 Å². The Bertz CT molecular complexity index is 705. The van der Waals surface area contributed by atoms with Crippen LogP contribution in [0.5, 0.6) is 0 Å². The molecule has 1 aromatic heterocycles. The number of aryl methyl sites for hydroxylation is 1. The van der Waals surface area contributed by atoms with Crippen LogP contribution in [0.4, 0.5) is 5.82 Å². The summed E-state index contributed by atoms with van der Waals surface area (Å²) >= 11 is 0. The van der Waals surface area contributed by atoms with Crippen molar-refractivity contribution in [3.63, 3.8) is 0 Å². The molecule has 1 rings (SSSR count). The molecule has 12 heteroatoms. The summed E-state index contributed by atoms with van der Waals surface area (Å²) in [5, 5.41) is 18.9. The summed E-state index contributed by atoms with van der Waals surface area (Å²) in [5.74, 6) is -1.22. The molecule has 20 heavy (non-hydrogen) atoms. The van der Waals surface area contributed by atoms with Crippen LogP contribution in [0.15, 0.2) is 11.1 Å². The molecule has 0 radical (unpaired) electrons. The molecule has 0 amide bonds. The molecule has 114 valence electrons. The van der Waals surface area contributed by atoms with Gasteiger partial charge in [0.05, 0.1) is 23.6 Å². The molecule has 0 aliphatic heterocycles. The highest BCUT2D eigenvalue weighted by atomic mass is 32.2. The fourth-order valence-electron chi connectivity index (χ4n) is 1.48. The van der Waals surface area contributed by atoms with Crippen LogP contribution in [-0.2, 0) is 26.4 Å². The minimum absolute atomic E-state index is 0.0155. The summed E-state index contributed by atoms with van der Waals surface area (Å²) in [6.07, 6.45) is 1.30. The number of nitrogens with two attached hydrogens (primary N) is 1. The van der Waals surface area contributed by atoms with Crippen LogP contribution in [0, 0.1) is 10.1 Å². The predicted molar refractivity (Wildman–Crippen MR) is 69.2 cm³/mol. The van der Waals surface area contributed by atoms with E-state index >= 15 is 0 Å². The zero-order valence-corrected chi connectivity index (χ0v) is 12.2. The maximum Gasteiger partial charge on any atom is 0.410 e. The van der Waals surface area contributed by atoms with Gasteiger partial charge in [-0.25, -0.2) is 22.0 Å². The van der Waals surface area contributed by atoms with E-state index < -0.39 is 35.5 Å². The second kappa shape index (κ2) is 5.85. The SMILES string of the molecule is CCCS(=O)(=O)CCn1cc(S(N)(=O)=O)c([N+](=O)[O-])n1. The number of hydrogen-bond donors (Lipinski definition) is 1. The van der Waals surface area contributed by atoms with Crippen molar-refractivity contribution in [2.45, 2.75) is 24.8 Å². The van der Waals surface area contributed by atoms with Gasteiger partial charge in [-0.2, -0.15) is 4.68 Å². The topological polar surface area (TPSA) is 155 Å². The van der Waals surface area contributed by atoms with Gasteiger partial charge < -0.3 is 10.1 Å². The summed E-state index contributed by atoms with van der Waals surface area (Å²) in [5.41, 5.74) is 0. The van der Waals surface area contributed by atoms with E-state index in [0.29, 0.717) is 6.42 Å². The molecule has 0 atom stereocenters. The van der Waals surface area contributed by atoms with E-state index in [1.807, 2.05) is 0 Å². The van der Waals surface area contributed by atoms with E-state index in [4.69, 9.17) is 5.14 Å². The Labute approximate surface area is 115 Å². The fourth-order valence-corrected chi connectivity index (χ4v) is 3.41. The van der Waals surface area contributed by atoms with Gasteiger partial charge in [0.2, 0.25) is 14.9 Å². The third-order valence-corrected chi connectivity index (χ3v) is 5.07. The molecular weight excluding hydrogens is 312 g/mol. The van der Waals surface area contributed by atoms with E-state index in [2.05, 4.69) is 5.10 Å². The van der Waals surface area contributed by atoms with Crippen LogP contribution in [-0.4, -0.2) is 43.0 Å². The number of rotatable bonds is 7. The van der Waals surface area contributed by atoms with Gasteiger partial charge >= 0.3 is 5.82 Å². The summed E-state index contributed by atoms with van der Waals surface area (Å²) in [6.45, 7) is 1.52. The Kier molecular flexibility index (Phi) is 4.83. The molecule has 0 unspecified atom stereocenters. The van der Waals surface area contributed by atoms with Crippen LogP contribution in [0.25, 0.3) is 0 Å². The molecular formula is C8H14N4O6S2. The molecule has 2 N–H and O–H groups in total. The monoisotopic (exact) mass is 326 g/mol. The highest BCUT2D eigenvalue weighted by Gasteiger charge is 2.29. The number of hydrogen-bond acceptors (Lipinski definition) is 7. The number of primary sulfonamides is 1. The number of aromatic nitrogens is 2. The summed E-state index contributed by atoms with van der Waals surface area (Å²) in [4.78, 5) is 8.95. The van der Waals surface area contributed by atoms with Crippen LogP contribution in [0.2, 0.25) is 0 Å². The quantitative estimate of drug-likeness (QED) is 0.511. The zero-order chi connectivity index (χ0) is 15.6. The normalized spacial score (nSPS) is 12.5. The van der Waals surface area contributed by atoms with Crippen molar-refractivity contribution < 1.29 is 21.8 Å². The standard InChI is InChI=1S/C8H14N4O6S2/c1-2-4-19(15,16)5-3-11-6-7(20(9,17)18)8(10-11)12(13)14/h6H,2-5H2,1H3,(H2,9,17,18). The Morgan fingerprint density at radius 3 is 2.35 bits per heavy atom. The minimum Gasteiger partial charge on any atom is -0.358 e. The van der Waals surface area contributed by atoms with Crippen molar-refractivity contribution in [1.29, 1.82) is 0 Å². The van der Waals surface area contributed by atoms with Crippen molar-refractivity contribution in [1.82, 2.24) is 9.78 Å². The first-order chi connectivity index (χ1) is 9.07. The molecule has 0 fully saturated rings. The van der Waals surface area contributed by atoms with Crippen molar-refractivity contribution in [3.8, 4) is 0 Å². The third-order valence-electron chi connectivity index (χ3n) is 2.34. The lowest BCUT2D eigenvalue weighted by molar-refractivity contribution is -0.392. The Hall–Kier alpha value is -1.53. The van der Waals surface area contributed by atoms with Gasteiger partial charge in [0.15, 0.2) is 9.84 Å². The van der Waals surface area contributed by atoms with Crippen molar-refractivity contribution in [2.24, 2.45) is 5.14 Å². The summed E-state index contributed by atoms with van der Waals surface area (Å²) in [7, 11) is -7.60. The first-order valence-electron chi connectivity index (χ1n) is 5.52. The molecule has 0 saturated heterocycles. The lowest BCUT2D eigenvalue weighted by Gasteiger charge is -2.00. The van der Waals surface area contributed by atoms with Gasteiger partial charge in [0.25, 0.3) is 0 Å². The van der Waals surface area contributed by atoms with E-state index in [1.54, 1.807) is 6.92 Å². The minimum atomic E-state index is -4.30. The Morgan fingerprint density at radius 1 is 1.35 bits per heavy atom. The molecule has 1 aromatic rings. The largest absolute Gasteiger partial charge is 0.410 e. The van der Waals surface area contributed by atoms with E-state index in [-0.39, 0.29) is 18.1 Å². The second-order valence-corrected chi connectivity index (χ2v) is 7.87. The molecule has 0 bridgehead atoms. The van der Waals surface area contributed by atoms with Crippen molar-refractivity contribution in [2.75, 3.05) is 11.5 Å². The number of sulfone groups is 1. The van der Waals surface area contributed by atoms with Crippen LogP contribution < -0.4 is 5.14 Å². The van der Waals surface area contributed by atoms with Crippen molar-refractivity contribution >= 4 is 25.7 Å². The molecule has 10 nitrogen and oxygen atoms in total. The lowest BCUT2D eigenvalue weighted by atomic mass is 10.6. The fraction of sp³-hybridized carbons (Fsp3) is 0.625. The Morgan fingerprint density at radius 2 is 1.95 bits per heavy atom. The first kappa shape index (κ1) is 16.5. The zero-order valence-electron chi connectivity index (χ0n) is 10.6. The van der Waals surface area contributed by atoms with Crippen LogP contribution in [0.3, 0.4) is 0 Å². The van der Waals surface area contributed by atoms with Gasteiger partial charge in [-0.05, 0) is 11.3 Å². The molecule has 0 saturated carbocycles. The maximum absolute atomic E-state index is 11.5. The van der Waals surface area contributed by atoms with E-state index in [1.165, 1.54) is 0 Å².